The smallest absolute Gasteiger partial charge is 0.350 e. The summed E-state index contributed by atoms with van der Waals surface area (Å²) in [7, 11) is 0. The molecule has 0 aromatic carbocycles. The van der Waals surface area contributed by atoms with Crippen molar-refractivity contribution in [1.29, 1.82) is 0 Å². The Morgan fingerprint density at radius 3 is 2.79 bits per heavy atom. The van der Waals surface area contributed by atoms with Gasteiger partial charge in [0, 0.05) is 38.9 Å². The predicted octanol–water partition coefficient (Wildman–Crippen LogP) is 0.295. The molecule has 7 nitrogen and oxygen atoms in total. The Bertz CT molecular complexity index is 710. The standard InChI is InChI=1S/C14H17F3N6O/c15-14(16,17)11(22-5-3-18-4-6-22)7-19-13(24)10-1-2-12-21-20-9-23(12)8-10/h1-2,8-9,11,18H,3-7H2,(H,19,24). The average Bonchev–Trinajstić information content (AvgIpc) is 3.02. The van der Waals surface area contributed by atoms with Crippen LogP contribution < -0.4 is 10.6 Å². The molecule has 1 aliphatic heterocycles. The maximum atomic E-state index is 13.3. The van der Waals surface area contributed by atoms with Crippen LogP contribution in [0, 0.1) is 0 Å². The molecule has 24 heavy (non-hydrogen) atoms. The third kappa shape index (κ3) is 3.65. The lowest BCUT2D eigenvalue weighted by molar-refractivity contribution is -0.183. The van der Waals surface area contributed by atoms with Crippen molar-refractivity contribution in [3.05, 3.63) is 30.2 Å². The number of nitrogens with zero attached hydrogens (tertiary/aromatic N) is 4. The Morgan fingerprint density at radius 2 is 2.08 bits per heavy atom. The number of amides is 1. The van der Waals surface area contributed by atoms with E-state index in [-0.39, 0.29) is 5.56 Å². The summed E-state index contributed by atoms with van der Waals surface area (Å²) in [5.74, 6) is -0.560. The fraction of sp³-hybridized carbons (Fsp3) is 0.500. The summed E-state index contributed by atoms with van der Waals surface area (Å²) in [5, 5.41) is 12.9. The Labute approximate surface area is 135 Å². The van der Waals surface area contributed by atoms with Gasteiger partial charge in [0.15, 0.2) is 5.65 Å². The van der Waals surface area contributed by atoms with Gasteiger partial charge in [0.25, 0.3) is 5.91 Å². The minimum Gasteiger partial charge on any atom is -0.350 e. The van der Waals surface area contributed by atoms with E-state index in [9.17, 15) is 18.0 Å². The van der Waals surface area contributed by atoms with Crippen LogP contribution in [0.25, 0.3) is 5.65 Å². The van der Waals surface area contributed by atoms with Crippen molar-refractivity contribution in [3.8, 4) is 0 Å². The highest BCUT2D eigenvalue weighted by Gasteiger charge is 2.43. The molecule has 0 aliphatic carbocycles. The fourth-order valence-electron chi connectivity index (χ4n) is 2.70. The third-order valence-electron chi connectivity index (χ3n) is 3.98. The van der Waals surface area contributed by atoms with E-state index in [4.69, 9.17) is 0 Å². The zero-order chi connectivity index (χ0) is 17.2. The van der Waals surface area contributed by atoms with Gasteiger partial charge in [-0.15, -0.1) is 10.2 Å². The summed E-state index contributed by atoms with van der Waals surface area (Å²) in [4.78, 5) is 13.5. The summed E-state index contributed by atoms with van der Waals surface area (Å²) in [5.41, 5.74) is 0.809. The molecule has 1 fully saturated rings. The molecule has 2 aromatic heterocycles. The predicted molar refractivity (Wildman–Crippen MR) is 79.6 cm³/mol. The van der Waals surface area contributed by atoms with Crippen molar-refractivity contribution in [3.63, 3.8) is 0 Å². The molecule has 2 aromatic rings. The number of pyridine rings is 1. The number of alkyl halides is 3. The maximum Gasteiger partial charge on any atom is 0.405 e. The molecule has 1 atom stereocenters. The van der Waals surface area contributed by atoms with Crippen molar-refractivity contribution in [2.75, 3.05) is 32.7 Å². The number of aromatic nitrogens is 3. The first kappa shape index (κ1) is 16.7. The molecular weight excluding hydrogens is 325 g/mol. The molecule has 1 saturated heterocycles. The first-order valence-electron chi connectivity index (χ1n) is 7.54. The molecule has 3 rings (SSSR count). The van der Waals surface area contributed by atoms with E-state index in [2.05, 4.69) is 20.8 Å². The van der Waals surface area contributed by atoms with Crippen molar-refractivity contribution in [1.82, 2.24) is 30.1 Å². The summed E-state index contributed by atoms with van der Waals surface area (Å²) < 4.78 is 41.4. The van der Waals surface area contributed by atoms with E-state index in [0.717, 1.165) is 0 Å². The molecule has 130 valence electrons. The lowest BCUT2D eigenvalue weighted by Crippen LogP contribution is -2.57. The first-order chi connectivity index (χ1) is 11.4. The van der Waals surface area contributed by atoms with E-state index < -0.39 is 24.7 Å². The van der Waals surface area contributed by atoms with Crippen LogP contribution in [-0.2, 0) is 0 Å². The Morgan fingerprint density at radius 1 is 1.33 bits per heavy atom. The number of rotatable bonds is 4. The summed E-state index contributed by atoms with van der Waals surface area (Å²) >= 11 is 0. The molecule has 0 radical (unpaired) electrons. The van der Waals surface area contributed by atoms with Crippen LogP contribution in [0.4, 0.5) is 13.2 Å². The highest BCUT2D eigenvalue weighted by molar-refractivity contribution is 5.94. The van der Waals surface area contributed by atoms with Crippen molar-refractivity contribution >= 4 is 11.6 Å². The van der Waals surface area contributed by atoms with Crippen molar-refractivity contribution in [2.45, 2.75) is 12.2 Å². The average molecular weight is 342 g/mol. The molecule has 0 bridgehead atoms. The van der Waals surface area contributed by atoms with Gasteiger partial charge >= 0.3 is 6.18 Å². The van der Waals surface area contributed by atoms with E-state index in [0.29, 0.717) is 31.8 Å². The number of fused-ring (bicyclic) bond motifs is 1. The topological polar surface area (TPSA) is 74.6 Å². The van der Waals surface area contributed by atoms with Gasteiger partial charge in [0.1, 0.15) is 12.4 Å². The van der Waals surface area contributed by atoms with Crippen LogP contribution in [0.1, 0.15) is 10.4 Å². The highest BCUT2D eigenvalue weighted by atomic mass is 19.4. The largest absolute Gasteiger partial charge is 0.405 e. The number of hydrogen-bond acceptors (Lipinski definition) is 5. The van der Waals surface area contributed by atoms with E-state index in [1.54, 1.807) is 6.07 Å². The molecule has 1 amide bonds. The summed E-state index contributed by atoms with van der Waals surface area (Å²) in [6.45, 7) is 1.12. The fourth-order valence-corrected chi connectivity index (χ4v) is 2.70. The Kier molecular flexibility index (Phi) is 4.67. The highest BCUT2D eigenvalue weighted by Crippen LogP contribution is 2.24. The van der Waals surface area contributed by atoms with Gasteiger partial charge in [-0.05, 0) is 12.1 Å². The Balaban J connectivity index is 1.67. The number of piperazine rings is 1. The minimum absolute atomic E-state index is 0.253. The number of nitrogens with one attached hydrogen (secondary N) is 2. The monoisotopic (exact) mass is 342 g/mol. The minimum atomic E-state index is -4.40. The van der Waals surface area contributed by atoms with Gasteiger partial charge in [0.2, 0.25) is 0 Å². The molecule has 0 saturated carbocycles. The van der Waals surface area contributed by atoms with Crippen LogP contribution in [0.3, 0.4) is 0 Å². The number of carbonyl (C=O) groups is 1. The third-order valence-corrected chi connectivity index (χ3v) is 3.98. The normalized spacial score (nSPS) is 17.8. The van der Waals surface area contributed by atoms with E-state index in [1.165, 1.54) is 27.9 Å². The lowest BCUT2D eigenvalue weighted by atomic mass is 10.2. The van der Waals surface area contributed by atoms with Gasteiger partial charge in [-0.2, -0.15) is 13.2 Å². The zero-order valence-corrected chi connectivity index (χ0v) is 12.8. The summed E-state index contributed by atoms with van der Waals surface area (Å²) in [6, 6.07) is 1.40. The number of halogens is 3. The molecule has 3 heterocycles. The first-order valence-corrected chi connectivity index (χ1v) is 7.54. The SMILES string of the molecule is O=C(NCC(N1CCNCC1)C(F)(F)F)c1ccc2nncn2c1. The number of carbonyl (C=O) groups excluding carboxylic acids is 1. The van der Waals surface area contributed by atoms with Gasteiger partial charge in [-0.3, -0.25) is 14.1 Å². The summed E-state index contributed by atoms with van der Waals surface area (Å²) in [6.07, 6.45) is -1.49. The zero-order valence-electron chi connectivity index (χ0n) is 12.8. The molecule has 0 spiro atoms. The van der Waals surface area contributed by atoms with Crippen LogP contribution in [-0.4, -0.2) is 70.3 Å². The molecular formula is C14H17F3N6O. The lowest BCUT2D eigenvalue weighted by Gasteiger charge is -2.35. The van der Waals surface area contributed by atoms with Crippen LogP contribution >= 0.6 is 0 Å². The molecule has 10 heteroatoms. The quantitative estimate of drug-likeness (QED) is 0.836. The van der Waals surface area contributed by atoms with Gasteiger partial charge in [-0.25, -0.2) is 0 Å². The second-order valence-corrected chi connectivity index (χ2v) is 5.57. The van der Waals surface area contributed by atoms with Crippen LogP contribution in [0.2, 0.25) is 0 Å². The Hall–Kier alpha value is -2.20. The molecule has 1 aliphatic rings. The van der Waals surface area contributed by atoms with Crippen molar-refractivity contribution in [2.24, 2.45) is 0 Å². The van der Waals surface area contributed by atoms with E-state index >= 15 is 0 Å². The second kappa shape index (κ2) is 6.73. The van der Waals surface area contributed by atoms with Gasteiger partial charge in [-0.1, -0.05) is 0 Å². The van der Waals surface area contributed by atoms with Gasteiger partial charge in [0.05, 0.1) is 5.56 Å². The van der Waals surface area contributed by atoms with Crippen LogP contribution in [0.5, 0.6) is 0 Å². The van der Waals surface area contributed by atoms with Crippen molar-refractivity contribution < 1.29 is 18.0 Å². The van der Waals surface area contributed by atoms with Gasteiger partial charge < -0.3 is 10.6 Å². The van der Waals surface area contributed by atoms with E-state index in [1.807, 2.05) is 0 Å². The second-order valence-electron chi connectivity index (χ2n) is 5.57. The number of hydrogen-bond donors (Lipinski definition) is 2. The van der Waals surface area contributed by atoms with Crippen LogP contribution in [0.15, 0.2) is 24.7 Å². The maximum absolute atomic E-state index is 13.3. The molecule has 2 N–H and O–H groups in total. The molecule has 1 unspecified atom stereocenters.